The highest BCUT2D eigenvalue weighted by molar-refractivity contribution is 7.86. The van der Waals surface area contributed by atoms with Crippen LogP contribution in [0.4, 0.5) is 4.39 Å². The van der Waals surface area contributed by atoms with E-state index < -0.39 is 10.8 Å². The first kappa shape index (κ1) is 18.9. The molecule has 1 aromatic carbocycles. The molecule has 0 spiro atoms. The molecule has 0 amide bonds. The van der Waals surface area contributed by atoms with Crippen molar-refractivity contribution in [2.24, 2.45) is 0 Å². The second-order valence-corrected chi connectivity index (χ2v) is 9.01. The van der Waals surface area contributed by atoms with E-state index in [-0.39, 0.29) is 11.9 Å². The van der Waals surface area contributed by atoms with Crippen LogP contribution in [0.15, 0.2) is 65.6 Å². The lowest BCUT2D eigenvalue weighted by Gasteiger charge is -2.24. The Morgan fingerprint density at radius 2 is 1.94 bits per heavy atom. The summed E-state index contributed by atoms with van der Waals surface area (Å²) in [6.07, 6.45) is 4.93. The van der Waals surface area contributed by atoms with Gasteiger partial charge in [-0.1, -0.05) is 0 Å². The van der Waals surface area contributed by atoms with Crippen LogP contribution in [0.3, 0.4) is 0 Å². The van der Waals surface area contributed by atoms with E-state index in [2.05, 4.69) is 20.2 Å². The fraction of sp³-hybridized carbons (Fsp3) is 0.136. The van der Waals surface area contributed by atoms with Crippen LogP contribution in [0.1, 0.15) is 6.04 Å². The zero-order valence-electron chi connectivity index (χ0n) is 16.6. The fourth-order valence-electron chi connectivity index (χ4n) is 3.74. The average Bonchev–Trinajstić information content (AvgIpc) is 3.43. The van der Waals surface area contributed by atoms with Crippen molar-refractivity contribution in [1.29, 1.82) is 0 Å². The standard InChI is InChI=1S/C22H15FN6O2S/c23-14-5-3-13(4-6-14)20-17(9-29(28-20)15-10-32(30)11-15)21-16-8-19(18-2-1-7-26-27-18)31-22(16)25-12-24-21/h1-9,12,15H,10-11H2. The number of nitrogens with zero attached hydrogens (tertiary/aromatic N) is 6. The summed E-state index contributed by atoms with van der Waals surface area (Å²) in [7, 11) is -0.816. The number of benzene rings is 1. The minimum atomic E-state index is -0.816. The van der Waals surface area contributed by atoms with Crippen LogP contribution in [0, 0.1) is 5.82 Å². The van der Waals surface area contributed by atoms with Crippen molar-refractivity contribution in [3.8, 4) is 34.0 Å². The summed E-state index contributed by atoms with van der Waals surface area (Å²) in [5.74, 6) is 1.33. The quantitative estimate of drug-likeness (QED) is 0.415. The van der Waals surface area contributed by atoms with E-state index in [0.717, 1.165) is 11.1 Å². The van der Waals surface area contributed by atoms with E-state index >= 15 is 0 Å². The molecule has 0 atom stereocenters. The highest BCUT2D eigenvalue weighted by Gasteiger charge is 2.30. The Bertz CT molecular complexity index is 1460. The number of furan rings is 1. The monoisotopic (exact) mass is 446 g/mol. The molecule has 0 aliphatic carbocycles. The van der Waals surface area contributed by atoms with Crippen molar-refractivity contribution in [3.05, 3.63) is 67.0 Å². The van der Waals surface area contributed by atoms with Crippen molar-refractivity contribution < 1.29 is 13.0 Å². The van der Waals surface area contributed by atoms with Crippen molar-refractivity contribution in [3.63, 3.8) is 0 Å². The van der Waals surface area contributed by atoms with Gasteiger partial charge in [0.05, 0.1) is 17.1 Å². The summed E-state index contributed by atoms with van der Waals surface area (Å²) in [5.41, 5.74) is 3.81. The van der Waals surface area contributed by atoms with E-state index in [1.54, 1.807) is 30.5 Å². The van der Waals surface area contributed by atoms with Crippen molar-refractivity contribution >= 4 is 21.9 Å². The van der Waals surface area contributed by atoms with Gasteiger partial charge < -0.3 is 4.42 Å². The molecule has 10 heteroatoms. The molecule has 0 N–H and O–H groups in total. The van der Waals surface area contributed by atoms with Gasteiger partial charge in [-0.15, -0.1) is 5.10 Å². The van der Waals surface area contributed by atoms with Crippen molar-refractivity contribution in [2.75, 3.05) is 11.5 Å². The van der Waals surface area contributed by atoms with Crippen LogP contribution < -0.4 is 0 Å². The summed E-state index contributed by atoms with van der Waals surface area (Å²) >= 11 is 0. The van der Waals surface area contributed by atoms with Gasteiger partial charge in [0.2, 0.25) is 5.71 Å². The molecular formula is C22H15FN6O2S. The first-order valence-corrected chi connectivity index (χ1v) is 11.4. The third-order valence-corrected chi connectivity index (χ3v) is 6.90. The first-order valence-electron chi connectivity index (χ1n) is 9.89. The minimum absolute atomic E-state index is 0.0561. The van der Waals surface area contributed by atoms with Gasteiger partial charge in [-0.05, 0) is 42.5 Å². The van der Waals surface area contributed by atoms with Crippen LogP contribution in [-0.4, -0.2) is 45.7 Å². The van der Waals surface area contributed by atoms with E-state index in [9.17, 15) is 8.60 Å². The topological polar surface area (TPSA) is 99.6 Å². The molecule has 0 bridgehead atoms. The Morgan fingerprint density at radius 1 is 1.09 bits per heavy atom. The average molecular weight is 446 g/mol. The highest BCUT2D eigenvalue weighted by atomic mass is 32.2. The minimum Gasteiger partial charge on any atom is -0.436 e. The van der Waals surface area contributed by atoms with Gasteiger partial charge in [0.25, 0.3) is 0 Å². The van der Waals surface area contributed by atoms with E-state index in [1.165, 1.54) is 18.5 Å². The van der Waals surface area contributed by atoms with Gasteiger partial charge >= 0.3 is 0 Å². The molecule has 1 saturated heterocycles. The molecule has 1 fully saturated rings. The Kier molecular flexibility index (Phi) is 4.39. The molecule has 158 valence electrons. The Balaban J connectivity index is 1.53. The summed E-state index contributed by atoms with van der Waals surface area (Å²) < 4.78 is 32.9. The molecule has 0 radical (unpaired) electrons. The molecular weight excluding hydrogens is 431 g/mol. The van der Waals surface area contributed by atoms with Gasteiger partial charge in [0, 0.05) is 45.8 Å². The second-order valence-electron chi connectivity index (χ2n) is 7.47. The predicted molar refractivity (Wildman–Crippen MR) is 116 cm³/mol. The van der Waals surface area contributed by atoms with Crippen LogP contribution in [0.2, 0.25) is 0 Å². The van der Waals surface area contributed by atoms with E-state index in [0.29, 0.717) is 45.4 Å². The molecule has 6 rings (SSSR count). The van der Waals surface area contributed by atoms with Gasteiger partial charge in [-0.3, -0.25) is 8.89 Å². The zero-order valence-corrected chi connectivity index (χ0v) is 17.4. The van der Waals surface area contributed by atoms with Crippen LogP contribution >= 0.6 is 0 Å². The molecule has 1 aliphatic heterocycles. The molecule has 0 unspecified atom stereocenters. The van der Waals surface area contributed by atoms with Gasteiger partial charge in [0.1, 0.15) is 23.5 Å². The number of halogens is 1. The maximum absolute atomic E-state index is 13.5. The van der Waals surface area contributed by atoms with Crippen molar-refractivity contribution in [2.45, 2.75) is 6.04 Å². The third kappa shape index (κ3) is 3.19. The predicted octanol–water partition coefficient (Wildman–Crippen LogP) is 3.65. The van der Waals surface area contributed by atoms with Gasteiger partial charge in [0.15, 0.2) is 5.76 Å². The van der Waals surface area contributed by atoms with Crippen LogP contribution in [0.5, 0.6) is 0 Å². The third-order valence-electron chi connectivity index (χ3n) is 5.39. The van der Waals surface area contributed by atoms with Gasteiger partial charge in [-0.25, -0.2) is 14.4 Å². The first-order chi connectivity index (χ1) is 15.7. The van der Waals surface area contributed by atoms with Crippen molar-refractivity contribution in [1.82, 2.24) is 29.9 Å². The largest absolute Gasteiger partial charge is 0.436 e. The zero-order chi connectivity index (χ0) is 21.7. The molecule has 8 nitrogen and oxygen atoms in total. The summed E-state index contributed by atoms with van der Waals surface area (Å²) in [6, 6.07) is 11.6. The molecule has 5 heterocycles. The number of aromatic nitrogens is 6. The number of fused-ring (bicyclic) bond motifs is 1. The molecule has 5 aromatic rings. The fourth-order valence-corrected chi connectivity index (χ4v) is 4.80. The smallest absolute Gasteiger partial charge is 0.230 e. The molecule has 1 aliphatic rings. The number of hydrogen-bond donors (Lipinski definition) is 0. The number of hydrogen-bond acceptors (Lipinski definition) is 7. The lowest BCUT2D eigenvalue weighted by molar-refractivity contribution is 0.507. The van der Waals surface area contributed by atoms with Crippen LogP contribution in [0.25, 0.3) is 45.1 Å². The number of rotatable bonds is 4. The maximum atomic E-state index is 13.5. The Labute approximate surface area is 183 Å². The Morgan fingerprint density at radius 3 is 2.69 bits per heavy atom. The van der Waals surface area contributed by atoms with E-state index in [4.69, 9.17) is 9.52 Å². The van der Waals surface area contributed by atoms with E-state index in [1.807, 2.05) is 16.9 Å². The summed E-state index contributed by atoms with van der Waals surface area (Å²) in [4.78, 5) is 8.79. The lowest BCUT2D eigenvalue weighted by Crippen LogP contribution is -2.33. The molecule has 0 saturated carbocycles. The normalized spacial score (nSPS) is 18.0. The summed E-state index contributed by atoms with van der Waals surface area (Å²) in [5, 5.41) is 13.5. The SMILES string of the molecule is O=S1CC(n2cc(-c3ncnc4oc(-c5cccnn5)cc34)c(-c3ccc(F)cc3)n2)C1. The second kappa shape index (κ2) is 7.41. The molecule has 4 aromatic heterocycles. The van der Waals surface area contributed by atoms with Crippen LogP contribution in [-0.2, 0) is 10.8 Å². The van der Waals surface area contributed by atoms with Gasteiger partial charge in [-0.2, -0.15) is 10.2 Å². The summed E-state index contributed by atoms with van der Waals surface area (Å²) in [6.45, 7) is 0. The maximum Gasteiger partial charge on any atom is 0.230 e. The Hall–Kier alpha value is -3.79. The highest BCUT2D eigenvalue weighted by Crippen LogP contribution is 2.37. The lowest BCUT2D eigenvalue weighted by atomic mass is 10.0. The molecule has 32 heavy (non-hydrogen) atoms.